The van der Waals surface area contributed by atoms with Crippen molar-refractivity contribution in [3.05, 3.63) is 30.1 Å². The van der Waals surface area contributed by atoms with Gasteiger partial charge in [-0.2, -0.15) is 10.1 Å². The average molecular weight is 407 g/mol. The van der Waals surface area contributed by atoms with Gasteiger partial charge < -0.3 is 14.8 Å². The van der Waals surface area contributed by atoms with Crippen LogP contribution >= 0.6 is 0 Å². The Morgan fingerprint density at radius 2 is 2.14 bits per heavy atom. The summed E-state index contributed by atoms with van der Waals surface area (Å²) in [5.41, 5.74) is 1.06. The highest BCUT2D eigenvalue weighted by Crippen LogP contribution is 2.36. The van der Waals surface area contributed by atoms with Crippen molar-refractivity contribution in [2.24, 2.45) is 5.92 Å². The molecule has 1 N–H and O–H groups in total. The zero-order chi connectivity index (χ0) is 20.4. The van der Waals surface area contributed by atoms with Gasteiger partial charge in [0, 0.05) is 24.7 Å². The lowest BCUT2D eigenvalue weighted by Gasteiger charge is -2.40. The fourth-order valence-corrected chi connectivity index (χ4v) is 4.58. The predicted octanol–water partition coefficient (Wildman–Crippen LogP) is 3.20. The largest absolute Gasteiger partial charge is 0.493 e. The third-order valence-electron chi connectivity index (χ3n) is 5.98. The van der Waals surface area contributed by atoms with Crippen molar-refractivity contribution in [2.45, 2.75) is 44.3 Å². The van der Waals surface area contributed by atoms with Crippen LogP contribution in [0, 0.1) is 5.92 Å². The number of fused-ring (bicyclic) bond motifs is 1. The highest BCUT2D eigenvalue weighted by molar-refractivity contribution is 5.46. The van der Waals surface area contributed by atoms with Gasteiger partial charge in [0.1, 0.15) is 12.4 Å². The quantitative estimate of drug-likeness (QED) is 0.794. The lowest BCUT2D eigenvalue weighted by molar-refractivity contribution is 0.0550. The smallest absolute Gasteiger partial charge is 0.260 e. The van der Waals surface area contributed by atoms with Gasteiger partial charge in [-0.1, -0.05) is 12.1 Å². The van der Waals surface area contributed by atoms with Crippen LogP contribution in [0.15, 0.2) is 24.5 Å². The van der Waals surface area contributed by atoms with Crippen molar-refractivity contribution in [2.75, 3.05) is 32.6 Å². The summed E-state index contributed by atoms with van der Waals surface area (Å²) in [5, 5.41) is 7.31. The molecule has 0 bridgehead atoms. The fraction of sp³-hybridized carbons (Fsp3) is 0.600. The van der Waals surface area contributed by atoms with E-state index in [4.69, 9.17) is 9.47 Å². The topological polar surface area (TPSA) is 64.4 Å². The first-order valence-corrected chi connectivity index (χ1v) is 9.97. The second-order valence-corrected chi connectivity index (χ2v) is 7.71. The highest BCUT2D eigenvalue weighted by Gasteiger charge is 2.38. The molecule has 0 spiro atoms. The molecule has 4 rings (SSSR count). The van der Waals surface area contributed by atoms with Gasteiger partial charge in [0.05, 0.1) is 14.2 Å². The van der Waals surface area contributed by atoms with Gasteiger partial charge in [-0.3, -0.25) is 4.90 Å². The lowest BCUT2D eigenvalue weighted by atomic mass is 9.86. The van der Waals surface area contributed by atoms with Crippen LogP contribution in [0.2, 0.25) is 0 Å². The van der Waals surface area contributed by atoms with Crippen LogP contribution in [0.4, 0.5) is 14.7 Å². The van der Waals surface area contributed by atoms with Crippen molar-refractivity contribution < 1.29 is 18.3 Å². The molecule has 0 unspecified atom stereocenters. The van der Waals surface area contributed by atoms with Gasteiger partial charge in [-0.25, -0.2) is 13.5 Å². The maximum atomic E-state index is 13.6. The Morgan fingerprint density at radius 1 is 1.28 bits per heavy atom. The molecule has 1 aromatic heterocycles. The number of benzene rings is 1. The molecule has 0 saturated carbocycles. The summed E-state index contributed by atoms with van der Waals surface area (Å²) < 4.78 is 39.4. The van der Waals surface area contributed by atoms with E-state index in [2.05, 4.69) is 20.3 Å². The minimum atomic E-state index is -2.46. The molecule has 0 amide bonds. The number of alkyl halides is 2. The molecule has 0 radical (unpaired) electrons. The van der Waals surface area contributed by atoms with E-state index in [9.17, 15) is 8.78 Å². The van der Waals surface area contributed by atoms with Gasteiger partial charge in [-0.15, -0.1) is 0 Å². The number of para-hydroxylation sites is 1. The molecule has 2 aliphatic heterocycles. The van der Waals surface area contributed by atoms with Gasteiger partial charge in [0.15, 0.2) is 11.5 Å². The zero-order valence-corrected chi connectivity index (χ0v) is 16.7. The van der Waals surface area contributed by atoms with Crippen LogP contribution < -0.4 is 14.8 Å². The number of piperidine rings is 1. The number of hydrogen-bond donors (Lipinski definition) is 1. The van der Waals surface area contributed by atoms with Crippen LogP contribution in [-0.4, -0.2) is 59.4 Å². The molecule has 3 heterocycles. The first-order valence-electron chi connectivity index (χ1n) is 9.97. The fourth-order valence-electron chi connectivity index (χ4n) is 4.58. The summed E-state index contributed by atoms with van der Waals surface area (Å²) in [7, 11) is 3.28. The second-order valence-electron chi connectivity index (χ2n) is 7.71. The van der Waals surface area contributed by atoms with Crippen molar-refractivity contribution in [3.8, 4) is 11.5 Å². The third kappa shape index (κ3) is 4.01. The summed E-state index contributed by atoms with van der Waals surface area (Å²) >= 11 is 0. The molecule has 2 aliphatic rings. The first-order chi connectivity index (χ1) is 14.1. The van der Waals surface area contributed by atoms with Crippen LogP contribution in [0.1, 0.15) is 30.9 Å². The number of likely N-dealkylation sites (tertiary alicyclic amines) is 1. The van der Waals surface area contributed by atoms with Gasteiger partial charge in [0.2, 0.25) is 5.95 Å². The zero-order valence-electron chi connectivity index (χ0n) is 16.7. The summed E-state index contributed by atoms with van der Waals surface area (Å²) in [6.07, 6.45) is 1.27. The SMILES string of the molecule is COc1cccc(CN2CCC[C@H]([C@@H]3C[C@H](C(F)F)n4ncnc4N3)C2)c1OC. The molecule has 1 saturated heterocycles. The Hall–Kier alpha value is -2.42. The van der Waals surface area contributed by atoms with E-state index in [-0.39, 0.29) is 12.0 Å². The molecule has 7 nitrogen and oxygen atoms in total. The second kappa shape index (κ2) is 8.52. The molecule has 9 heteroatoms. The first kappa shape index (κ1) is 19.9. The standard InChI is InChI=1S/C20H27F2N5O2/c1-28-17-7-3-5-14(18(17)29-2)11-26-8-4-6-13(10-26)15-9-16(19(21)22)27-20(25-15)23-12-24-27/h3,5,7,12-13,15-16,19H,4,6,8-11H2,1-2H3,(H,23,24,25)/t13-,15-,16+/m0/s1. The Bertz CT molecular complexity index is 831. The number of halogens is 2. The molecular weight excluding hydrogens is 380 g/mol. The molecule has 1 aromatic carbocycles. The number of ether oxygens (including phenoxy) is 2. The molecule has 3 atom stereocenters. The maximum Gasteiger partial charge on any atom is 0.260 e. The van der Waals surface area contributed by atoms with Crippen LogP contribution in [-0.2, 0) is 6.54 Å². The number of nitrogens with one attached hydrogen (secondary N) is 1. The molecule has 2 aromatic rings. The normalized spacial score (nSPS) is 24.8. The Labute approximate surface area is 169 Å². The van der Waals surface area contributed by atoms with Gasteiger partial charge in [0.25, 0.3) is 6.43 Å². The van der Waals surface area contributed by atoms with Crippen molar-refractivity contribution in [3.63, 3.8) is 0 Å². The highest BCUT2D eigenvalue weighted by atomic mass is 19.3. The summed E-state index contributed by atoms with van der Waals surface area (Å²) in [6, 6.07) is 4.92. The number of anilines is 1. The summed E-state index contributed by atoms with van der Waals surface area (Å²) in [5.74, 6) is 2.18. The number of methoxy groups -OCH3 is 2. The third-order valence-corrected chi connectivity index (χ3v) is 5.98. The monoisotopic (exact) mass is 407 g/mol. The number of rotatable bonds is 6. The lowest BCUT2D eigenvalue weighted by Crippen LogP contribution is -2.46. The van der Waals surface area contributed by atoms with Gasteiger partial charge in [-0.05, 0) is 37.8 Å². The van der Waals surface area contributed by atoms with Crippen molar-refractivity contribution >= 4 is 5.95 Å². The van der Waals surface area contributed by atoms with E-state index in [1.807, 2.05) is 18.2 Å². The van der Waals surface area contributed by atoms with E-state index >= 15 is 0 Å². The molecular formula is C20H27F2N5O2. The van der Waals surface area contributed by atoms with E-state index in [1.165, 1.54) is 11.0 Å². The molecule has 1 fully saturated rings. The Morgan fingerprint density at radius 3 is 2.90 bits per heavy atom. The number of hydrogen-bond acceptors (Lipinski definition) is 6. The van der Waals surface area contributed by atoms with E-state index in [0.29, 0.717) is 18.1 Å². The van der Waals surface area contributed by atoms with Crippen molar-refractivity contribution in [1.29, 1.82) is 0 Å². The average Bonchev–Trinajstić information content (AvgIpc) is 3.21. The molecule has 0 aliphatic carbocycles. The van der Waals surface area contributed by atoms with E-state index in [1.54, 1.807) is 14.2 Å². The van der Waals surface area contributed by atoms with Crippen LogP contribution in [0.3, 0.4) is 0 Å². The maximum absolute atomic E-state index is 13.6. The summed E-state index contributed by atoms with van der Waals surface area (Å²) in [4.78, 5) is 6.49. The van der Waals surface area contributed by atoms with E-state index < -0.39 is 12.5 Å². The molecule has 29 heavy (non-hydrogen) atoms. The summed E-state index contributed by atoms with van der Waals surface area (Å²) in [6.45, 7) is 2.54. The minimum absolute atomic E-state index is 0.0410. The molecule has 158 valence electrons. The van der Waals surface area contributed by atoms with Gasteiger partial charge >= 0.3 is 0 Å². The number of nitrogens with zero attached hydrogens (tertiary/aromatic N) is 4. The predicted molar refractivity (Wildman–Crippen MR) is 105 cm³/mol. The van der Waals surface area contributed by atoms with Crippen LogP contribution in [0.25, 0.3) is 0 Å². The van der Waals surface area contributed by atoms with E-state index in [0.717, 1.165) is 43.8 Å². The van der Waals surface area contributed by atoms with Crippen molar-refractivity contribution in [1.82, 2.24) is 19.7 Å². The Kier molecular flexibility index (Phi) is 5.84. The van der Waals surface area contributed by atoms with Crippen LogP contribution in [0.5, 0.6) is 11.5 Å². The Balaban J connectivity index is 1.47. The minimum Gasteiger partial charge on any atom is -0.493 e. The number of aromatic nitrogens is 3.